The van der Waals surface area contributed by atoms with Crippen LogP contribution in [0.2, 0.25) is 0 Å². The van der Waals surface area contributed by atoms with Crippen molar-refractivity contribution in [1.82, 2.24) is 4.90 Å². The maximum absolute atomic E-state index is 12.5. The number of carbonyl (C=O) groups excluding carboxylic acids is 2. The lowest BCUT2D eigenvalue weighted by atomic mass is 9.86. The summed E-state index contributed by atoms with van der Waals surface area (Å²) in [6, 6.07) is 7.29. The van der Waals surface area contributed by atoms with Gasteiger partial charge in [-0.3, -0.25) is 4.79 Å². The second-order valence-corrected chi connectivity index (χ2v) is 6.60. The van der Waals surface area contributed by atoms with E-state index in [4.69, 9.17) is 4.74 Å². The van der Waals surface area contributed by atoms with Crippen LogP contribution in [0, 0.1) is 0 Å². The Bertz CT molecular complexity index is 556. The molecular weight excluding hydrogens is 254 g/mol. The van der Waals surface area contributed by atoms with Crippen molar-refractivity contribution >= 4 is 11.9 Å². The molecule has 1 amide bonds. The normalized spacial score (nSPS) is 24.9. The minimum Gasteiger partial charge on any atom is -0.459 e. The van der Waals surface area contributed by atoms with Gasteiger partial charge in [-0.2, -0.15) is 0 Å². The van der Waals surface area contributed by atoms with Crippen LogP contribution in [0.25, 0.3) is 0 Å². The van der Waals surface area contributed by atoms with Gasteiger partial charge in [-0.1, -0.05) is 32.9 Å². The lowest BCUT2D eigenvalue weighted by molar-refractivity contribution is -0.149. The lowest BCUT2D eigenvalue weighted by Gasteiger charge is -2.26. The third kappa shape index (κ3) is 2.09. The molecule has 2 bridgehead atoms. The Morgan fingerprint density at radius 3 is 2.40 bits per heavy atom. The van der Waals surface area contributed by atoms with E-state index in [1.807, 2.05) is 24.3 Å². The van der Waals surface area contributed by atoms with Crippen LogP contribution in [0.5, 0.6) is 0 Å². The molecule has 2 unspecified atom stereocenters. The topological polar surface area (TPSA) is 46.6 Å². The van der Waals surface area contributed by atoms with Crippen LogP contribution in [-0.2, 0) is 14.9 Å². The summed E-state index contributed by atoms with van der Waals surface area (Å²) in [4.78, 5) is 25.7. The fourth-order valence-corrected chi connectivity index (χ4v) is 2.85. The zero-order valence-corrected chi connectivity index (χ0v) is 12.1. The molecule has 3 rings (SSSR count). The van der Waals surface area contributed by atoms with Crippen molar-refractivity contribution in [2.75, 3.05) is 6.54 Å². The van der Waals surface area contributed by atoms with Gasteiger partial charge in [0, 0.05) is 12.0 Å². The van der Waals surface area contributed by atoms with E-state index in [2.05, 4.69) is 20.8 Å². The van der Waals surface area contributed by atoms with E-state index >= 15 is 0 Å². The van der Waals surface area contributed by atoms with Crippen LogP contribution in [-0.4, -0.2) is 35.5 Å². The minimum atomic E-state index is -0.380. The fraction of sp³-hybridized carbons (Fsp3) is 0.500. The molecule has 2 aliphatic rings. The summed E-state index contributed by atoms with van der Waals surface area (Å²) in [7, 11) is 0. The molecule has 106 valence electrons. The summed E-state index contributed by atoms with van der Waals surface area (Å²) >= 11 is 0. The van der Waals surface area contributed by atoms with Crippen LogP contribution >= 0.6 is 0 Å². The quantitative estimate of drug-likeness (QED) is 0.736. The number of esters is 1. The standard InChI is InChI=1S/C16H19NO3/c1-16(2,3)11-6-4-10(5-7-11)14(18)17-9-12-8-13(17)15(19)20-12/h4-7,12-13H,8-9H2,1-3H3. The van der Waals surface area contributed by atoms with Crippen LogP contribution in [0.15, 0.2) is 24.3 Å². The molecule has 0 radical (unpaired) electrons. The molecule has 4 nitrogen and oxygen atoms in total. The first kappa shape index (κ1) is 13.2. The molecule has 0 spiro atoms. The fourth-order valence-electron chi connectivity index (χ4n) is 2.85. The van der Waals surface area contributed by atoms with Gasteiger partial charge in [-0.15, -0.1) is 0 Å². The van der Waals surface area contributed by atoms with Crippen molar-refractivity contribution < 1.29 is 14.3 Å². The molecule has 1 aromatic rings. The van der Waals surface area contributed by atoms with Crippen molar-refractivity contribution in [2.45, 2.75) is 44.8 Å². The summed E-state index contributed by atoms with van der Waals surface area (Å²) in [5.41, 5.74) is 1.90. The average Bonchev–Trinajstić information content (AvgIpc) is 2.96. The van der Waals surface area contributed by atoms with Crippen LogP contribution in [0.4, 0.5) is 0 Å². The number of likely N-dealkylation sites (tertiary alicyclic amines) is 1. The van der Waals surface area contributed by atoms with Gasteiger partial charge in [0.25, 0.3) is 5.91 Å². The molecule has 0 aliphatic carbocycles. The number of fused-ring (bicyclic) bond motifs is 2. The molecule has 2 atom stereocenters. The predicted octanol–water partition coefficient (Wildman–Crippen LogP) is 2.12. The summed E-state index contributed by atoms with van der Waals surface area (Å²) in [6.07, 6.45) is 0.537. The number of nitrogens with zero attached hydrogens (tertiary/aromatic N) is 1. The SMILES string of the molecule is CC(C)(C)c1ccc(C(=O)N2CC3CC2C(=O)O3)cc1. The largest absolute Gasteiger partial charge is 0.459 e. The Hall–Kier alpha value is -1.84. The summed E-state index contributed by atoms with van der Waals surface area (Å²) < 4.78 is 5.11. The van der Waals surface area contributed by atoms with Gasteiger partial charge in [-0.05, 0) is 23.1 Å². The Labute approximate surface area is 118 Å². The van der Waals surface area contributed by atoms with E-state index < -0.39 is 0 Å². The van der Waals surface area contributed by atoms with Crippen molar-refractivity contribution in [3.8, 4) is 0 Å². The summed E-state index contributed by atoms with van der Waals surface area (Å²) in [5.74, 6) is -0.337. The van der Waals surface area contributed by atoms with Gasteiger partial charge in [0.15, 0.2) is 0 Å². The monoisotopic (exact) mass is 273 g/mol. The zero-order chi connectivity index (χ0) is 14.5. The van der Waals surface area contributed by atoms with Gasteiger partial charge in [-0.25, -0.2) is 4.79 Å². The third-order valence-corrected chi connectivity index (χ3v) is 4.08. The van der Waals surface area contributed by atoms with Gasteiger partial charge in [0.2, 0.25) is 0 Å². The van der Waals surface area contributed by atoms with E-state index in [-0.39, 0.29) is 29.4 Å². The first-order chi connectivity index (χ1) is 9.36. The molecule has 4 heteroatoms. The number of benzene rings is 1. The van der Waals surface area contributed by atoms with Crippen molar-refractivity contribution in [3.05, 3.63) is 35.4 Å². The second-order valence-electron chi connectivity index (χ2n) is 6.60. The van der Waals surface area contributed by atoms with Crippen molar-refractivity contribution in [3.63, 3.8) is 0 Å². The van der Waals surface area contributed by atoms with Gasteiger partial charge in [0.1, 0.15) is 12.1 Å². The molecule has 2 aliphatic heterocycles. The Morgan fingerprint density at radius 2 is 1.90 bits per heavy atom. The second kappa shape index (κ2) is 4.33. The molecule has 2 fully saturated rings. The maximum atomic E-state index is 12.5. The van der Waals surface area contributed by atoms with Gasteiger partial charge >= 0.3 is 5.97 Å². The number of hydrogen-bond donors (Lipinski definition) is 0. The van der Waals surface area contributed by atoms with Crippen molar-refractivity contribution in [1.29, 1.82) is 0 Å². The number of rotatable bonds is 1. The number of morpholine rings is 1. The molecule has 0 saturated carbocycles. The van der Waals surface area contributed by atoms with Crippen molar-refractivity contribution in [2.24, 2.45) is 0 Å². The van der Waals surface area contributed by atoms with E-state index in [1.165, 1.54) is 5.56 Å². The zero-order valence-electron chi connectivity index (χ0n) is 12.1. The van der Waals surface area contributed by atoms with E-state index in [1.54, 1.807) is 4.90 Å². The minimum absolute atomic E-state index is 0.0676. The molecule has 0 aromatic heterocycles. The van der Waals surface area contributed by atoms with E-state index in [0.717, 1.165) is 0 Å². The lowest BCUT2D eigenvalue weighted by Crippen LogP contribution is -2.44. The summed E-state index contributed by atoms with van der Waals surface area (Å²) in [5, 5.41) is 0. The Kier molecular flexibility index (Phi) is 2.85. The van der Waals surface area contributed by atoms with Crippen LogP contribution in [0.3, 0.4) is 0 Å². The van der Waals surface area contributed by atoms with E-state index in [9.17, 15) is 9.59 Å². The number of ether oxygens (including phenoxy) is 1. The number of hydrogen-bond acceptors (Lipinski definition) is 3. The Morgan fingerprint density at radius 1 is 1.25 bits per heavy atom. The molecule has 2 saturated heterocycles. The predicted molar refractivity (Wildman–Crippen MR) is 74.5 cm³/mol. The van der Waals surface area contributed by atoms with E-state index in [0.29, 0.717) is 18.5 Å². The van der Waals surface area contributed by atoms with Crippen LogP contribution in [0.1, 0.15) is 43.1 Å². The van der Waals surface area contributed by atoms with Crippen LogP contribution < -0.4 is 0 Å². The highest BCUT2D eigenvalue weighted by molar-refractivity contribution is 5.98. The number of carbonyl (C=O) groups is 2. The van der Waals surface area contributed by atoms with Gasteiger partial charge < -0.3 is 9.64 Å². The molecular formula is C16H19NO3. The highest BCUT2D eigenvalue weighted by atomic mass is 16.6. The first-order valence-electron chi connectivity index (χ1n) is 6.98. The Balaban J connectivity index is 1.80. The third-order valence-electron chi connectivity index (χ3n) is 4.08. The maximum Gasteiger partial charge on any atom is 0.329 e. The smallest absolute Gasteiger partial charge is 0.329 e. The highest BCUT2D eigenvalue weighted by Gasteiger charge is 2.48. The van der Waals surface area contributed by atoms with Gasteiger partial charge in [0.05, 0.1) is 6.54 Å². The first-order valence-corrected chi connectivity index (χ1v) is 6.98. The summed E-state index contributed by atoms with van der Waals surface area (Å²) in [6.45, 7) is 6.94. The molecule has 1 aromatic carbocycles. The molecule has 0 N–H and O–H groups in total. The highest BCUT2D eigenvalue weighted by Crippen LogP contribution is 2.30. The average molecular weight is 273 g/mol. The molecule has 20 heavy (non-hydrogen) atoms. The molecule has 2 heterocycles. The number of amides is 1.